The van der Waals surface area contributed by atoms with Crippen molar-refractivity contribution in [2.45, 2.75) is 20.3 Å². The van der Waals surface area contributed by atoms with Crippen LogP contribution in [0.1, 0.15) is 25.8 Å². The molecule has 1 aliphatic rings. The average molecular weight is 245 g/mol. The molecule has 0 radical (unpaired) electrons. The molecule has 0 spiro atoms. The van der Waals surface area contributed by atoms with Crippen molar-refractivity contribution in [2.75, 3.05) is 5.32 Å². The molecule has 2 rings (SSSR count). The topological polar surface area (TPSA) is 70.6 Å². The largest absolute Gasteiger partial charge is 0.326 e. The second kappa shape index (κ2) is 5.00. The Labute approximate surface area is 105 Å². The molecule has 0 aliphatic carbocycles. The molecule has 0 aromatic heterocycles. The molecular formula is C13H15N3O2. The lowest BCUT2D eigenvalue weighted by molar-refractivity contribution is -0.119. The van der Waals surface area contributed by atoms with E-state index in [1.807, 2.05) is 26.0 Å². The van der Waals surface area contributed by atoms with Gasteiger partial charge in [-0.3, -0.25) is 9.59 Å². The first-order chi connectivity index (χ1) is 8.56. The predicted molar refractivity (Wildman–Crippen MR) is 69.2 cm³/mol. The van der Waals surface area contributed by atoms with Crippen LogP contribution < -0.4 is 10.7 Å². The van der Waals surface area contributed by atoms with Crippen LogP contribution in [0.4, 0.5) is 5.69 Å². The van der Waals surface area contributed by atoms with E-state index < -0.39 is 0 Å². The van der Waals surface area contributed by atoms with Gasteiger partial charge >= 0.3 is 0 Å². The van der Waals surface area contributed by atoms with Gasteiger partial charge in [-0.2, -0.15) is 5.10 Å². The molecule has 1 aliphatic heterocycles. The van der Waals surface area contributed by atoms with E-state index >= 15 is 0 Å². The third-order valence-corrected chi connectivity index (χ3v) is 2.65. The Morgan fingerprint density at radius 1 is 1.33 bits per heavy atom. The number of rotatable bonds is 3. The summed E-state index contributed by atoms with van der Waals surface area (Å²) in [6.45, 7) is 3.68. The number of benzene rings is 1. The minimum Gasteiger partial charge on any atom is -0.326 e. The number of nitrogens with zero attached hydrogens (tertiary/aromatic N) is 1. The van der Waals surface area contributed by atoms with E-state index in [-0.39, 0.29) is 17.7 Å². The van der Waals surface area contributed by atoms with Crippen LogP contribution in [0.15, 0.2) is 29.4 Å². The van der Waals surface area contributed by atoms with Crippen LogP contribution in [0.3, 0.4) is 0 Å². The van der Waals surface area contributed by atoms with Gasteiger partial charge in [0, 0.05) is 11.6 Å². The number of amides is 2. The quantitative estimate of drug-likeness (QED) is 0.847. The molecular weight excluding hydrogens is 230 g/mol. The summed E-state index contributed by atoms with van der Waals surface area (Å²) >= 11 is 0. The van der Waals surface area contributed by atoms with Crippen molar-refractivity contribution in [3.8, 4) is 0 Å². The molecule has 18 heavy (non-hydrogen) atoms. The van der Waals surface area contributed by atoms with Crippen molar-refractivity contribution >= 4 is 23.2 Å². The molecule has 5 nitrogen and oxygen atoms in total. The Kier molecular flexibility index (Phi) is 3.41. The summed E-state index contributed by atoms with van der Waals surface area (Å²) in [5.74, 6) is -0.161. The lowest BCUT2D eigenvalue weighted by Crippen LogP contribution is -2.17. The van der Waals surface area contributed by atoms with Crippen LogP contribution in [0, 0.1) is 5.92 Å². The summed E-state index contributed by atoms with van der Waals surface area (Å²) in [6, 6.07) is 7.30. The molecule has 0 fully saturated rings. The molecule has 1 aromatic carbocycles. The van der Waals surface area contributed by atoms with Gasteiger partial charge in [0.1, 0.15) is 0 Å². The number of carbonyl (C=O) groups is 2. The van der Waals surface area contributed by atoms with E-state index in [9.17, 15) is 9.59 Å². The van der Waals surface area contributed by atoms with Gasteiger partial charge in [0.2, 0.25) is 11.8 Å². The second-order valence-electron chi connectivity index (χ2n) is 4.49. The van der Waals surface area contributed by atoms with Crippen molar-refractivity contribution in [3.05, 3.63) is 29.8 Å². The summed E-state index contributed by atoms with van der Waals surface area (Å²) in [6.07, 6.45) is 0.303. The molecule has 94 valence electrons. The van der Waals surface area contributed by atoms with Gasteiger partial charge in [0.25, 0.3) is 0 Å². The van der Waals surface area contributed by atoms with Crippen molar-refractivity contribution in [3.63, 3.8) is 0 Å². The van der Waals surface area contributed by atoms with Gasteiger partial charge in [-0.1, -0.05) is 26.0 Å². The van der Waals surface area contributed by atoms with E-state index in [4.69, 9.17) is 0 Å². The number of hydrogen-bond donors (Lipinski definition) is 2. The molecule has 2 N–H and O–H groups in total. The Morgan fingerprint density at radius 3 is 2.50 bits per heavy atom. The Balaban J connectivity index is 2.06. The minimum absolute atomic E-state index is 0.0159. The fraction of sp³-hybridized carbons (Fsp3) is 0.308. The Bertz CT molecular complexity index is 503. The van der Waals surface area contributed by atoms with Crippen LogP contribution in [-0.2, 0) is 9.59 Å². The predicted octanol–water partition coefficient (Wildman–Crippen LogP) is 1.51. The zero-order valence-corrected chi connectivity index (χ0v) is 10.4. The van der Waals surface area contributed by atoms with Crippen LogP contribution in [0.25, 0.3) is 0 Å². The zero-order valence-electron chi connectivity index (χ0n) is 10.4. The maximum Gasteiger partial charge on any atom is 0.246 e. The summed E-state index contributed by atoms with van der Waals surface area (Å²) in [4.78, 5) is 22.5. The van der Waals surface area contributed by atoms with Gasteiger partial charge in [0.05, 0.1) is 12.1 Å². The monoisotopic (exact) mass is 245 g/mol. The molecule has 0 bridgehead atoms. The van der Waals surface area contributed by atoms with Gasteiger partial charge in [-0.05, 0) is 17.7 Å². The van der Waals surface area contributed by atoms with Crippen LogP contribution in [0.5, 0.6) is 0 Å². The van der Waals surface area contributed by atoms with Gasteiger partial charge in [0.15, 0.2) is 0 Å². The first-order valence-electron chi connectivity index (χ1n) is 5.83. The maximum absolute atomic E-state index is 11.5. The van der Waals surface area contributed by atoms with E-state index in [2.05, 4.69) is 15.8 Å². The molecule has 0 atom stereocenters. The highest BCUT2D eigenvalue weighted by Gasteiger charge is 2.16. The molecule has 1 heterocycles. The van der Waals surface area contributed by atoms with Crippen molar-refractivity contribution < 1.29 is 9.59 Å². The number of hydrazone groups is 1. The zero-order chi connectivity index (χ0) is 13.1. The van der Waals surface area contributed by atoms with E-state index in [1.54, 1.807) is 12.1 Å². The van der Waals surface area contributed by atoms with Crippen molar-refractivity contribution in [1.82, 2.24) is 5.43 Å². The van der Waals surface area contributed by atoms with Gasteiger partial charge < -0.3 is 5.32 Å². The average Bonchev–Trinajstić information content (AvgIpc) is 2.76. The highest BCUT2D eigenvalue weighted by molar-refractivity contribution is 6.13. The number of hydrogen-bond acceptors (Lipinski definition) is 3. The van der Waals surface area contributed by atoms with E-state index in [0.29, 0.717) is 6.42 Å². The maximum atomic E-state index is 11.5. The molecule has 0 saturated carbocycles. The highest BCUT2D eigenvalue weighted by Crippen LogP contribution is 2.14. The molecule has 5 heteroatoms. The second-order valence-corrected chi connectivity index (χ2v) is 4.49. The standard InChI is InChI=1S/C13H15N3O2/c1-8(2)13(18)14-10-5-3-9(4-6-10)11-7-12(17)16-15-11/h3-6,8H,7H2,1-2H3,(H,14,18)(H,16,17). The first-order valence-corrected chi connectivity index (χ1v) is 5.83. The third-order valence-electron chi connectivity index (χ3n) is 2.65. The highest BCUT2D eigenvalue weighted by atomic mass is 16.2. The summed E-state index contributed by atoms with van der Waals surface area (Å²) in [5, 5.41) is 6.74. The van der Waals surface area contributed by atoms with Gasteiger partial charge in [-0.15, -0.1) is 0 Å². The lowest BCUT2D eigenvalue weighted by atomic mass is 10.1. The fourth-order valence-electron chi connectivity index (χ4n) is 1.56. The lowest BCUT2D eigenvalue weighted by Gasteiger charge is -2.08. The van der Waals surface area contributed by atoms with Crippen molar-refractivity contribution in [2.24, 2.45) is 11.0 Å². The third kappa shape index (κ3) is 2.74. The van der Waals surface area contributed by atoms with E-state index in [0.717, 1.165) is 17.0 Å². The molecule has 0 unspecified atom stereocenters. The van der Waals surface area contributed by atoms with Crippen molar-refractivity contribution in [1.29, 1.82) is 0 Å². The van der Waals surface area contributed by atoms with Crippen LogP contribution in [0.2, 0.25) is 0 Å². The van der Waals surface area contributed by atoms with Crippen LogP contribution >= 0.6 is 0 Å². The first kappa shape index (κ1) is 12.3. The SMILES string of the molecule is CC(C)C(=O)Nc1ccc(C2=NNC(=O)C2)cc1. The number of nitrogens with one attached hydrogen (secondary N) is 2. The molecule has 0 saturated heterocycles. The Hall–Kier alpha value is -2.17. The molecule has 2 amide bonds. The van der Waals surface area contributed by atoms with Crippen LogP contribution in [-0.4, -0.2) is 17.5 Å². The number of anilines is 1. The van der Waals surface area contributed by atoms with E-state index in [1.165, 1.54) is 0 Å². The minimum atomic E-state index is -0.0952. The summed E-state index contributed by atoms with van der Waals surface area (Å²) in [5.41, 5.74) is 4.76. The summed E-state index contributed by atoms with van der Waals surface area (Å²) in [7, 11) is 0. The normalized spacial score (nSPS) is 14.4. The molecule has 1 aromatic rings. The fourth-order valence-corrected chi connectivity index (χ4v) is 1.56. The van der Waals surface area contributed by atoms with Gasteiger partial charge in [-0.25, -0.2) is 5.43 Å². The smallest absolute Gasteiger partial charge is 0.246 e. The summed E-state index contributed by atoms with van der Waals surface area (Å²) < 4.78 is 0. The Morgan fingerprint density at radius 2 is 2.00 bits per heavy atom. The number of carbonyl (C=O) groups excluding carboxylic acids is 2.